The molecule has 188 valence electrons. The summed E-state index contributed by atoms with van der Waals surface area (Å²) in [6.45, 7) is 4.01. The second-order valence-corrected chi connectivity index (χ2v) is 10.3. The van der Waals surface area contributed by atoms with Crippen molar-refractivity contribution >= 4 is 35.1 Å². The van der Waals surface area contributed by atoms with E-state index in [1.807, 2.05) is 13.0 Å². The fourth-order valence-corrected chi connectivity index (χ4v) is 5.71. The van der Waals surface area contributed by atoms with Crippen LogP contribution in [0.15, 0.2) is 47.2 Å². The van der Waals surface area contributed by atoms with Crippen LogP contribution in [0.25, 0.3) is 0 Å². The molecule has 2 heterocycles. The molecule has 1 fully saturated rings. The Labute approximate surface area is 211 Å². The normalized spacial score (nSPS) is 26.3. The Bertz CT molecular complexity index is 1190. The zero-order chi connectivity index (χ0) is 25.9. The summed E-state index contributed by atoms with van der Waals surface area (Å²) in [4.78, 5) is 27.6. The maximum Gasteiger partial charge on any atom is 0.416 e. The third kappa shape index (κ3) is 4.47. The van der Waals surface area contributed by atoms with Gasteiger partial charge in [0.2, 0.25) is 0 Å². The number of carboxylic acids is 1. The number of alkyl halides is 3. The van der Waals surface area contributed by atoms with Gasteiger partial charge in [0.25, 0.3) is 5.91 Å². The van der Waals surface area contributed by atoms with Gasteiger partial charge in [0, 0.05) is 42.7 Å². The van der Waals surface area contributed by atoms with Crippen molar-refractivity contribution in [3.8, 4) is 0 Å². The fourth-order valence-electron chi connectivity index (χ4n) is 5.13. The maximum atomic E-state index is 13.4. The standard InChI is InChI=1S/C25H25Cl2F3N2O3/c1-13-8-15(25(28,29)30)9-20-24(13,2)11-16(31(20)3)10-18-19(26)5-4-17(21(18)27)22(33)32-7-6-14(12-32)23(34)35/h4-5,8-9,11,14,20H,6-7,10,12H2,1-3H3,(H,34,35)/t14-,20?,24?/m1/s1. The molecular weight excluding hydrogens is 504 g/mol. The molecule has 0 saturated carbocycles. The van der Waals surface area contributed by atoms with Crippen LogP contribution in [0.5, 0.6) is 0 Å². The first-order valence-corrected chi connectivity index (χ1v) is 11.9. The molecule has 1 amide bonds. The number of carboxylic acid groups (broad SMARTS) is 1. The van der Waals surface area contributed by atoms with E-state index in [-0.39, 0.29) is 29.5 Å². The molecular formula is C25H25Cl2F3N2O3. The summed E-state index contributed by atoms with van der Waals surface area (Å²) < 4.78 is 40.3. The highest BCUT2D eigenvalue weighted by molar-refractivity contribution is 6.38. The van der Waals surface area contributed by atoms with Gasteiger partial charge in [0.05, 0.1) is 28.1 Å². The van der Waals surface area contributed by atoms with Crippen molar-refractivity contribution < 1.29 is 27.9 Å². The van der Waals surface area contributed by atoms with Crippen molar-refractivity contribution in [3.05, 3.63) is 68.4 Å². The molecule has 35 heavy (non-hydrogen) atoms. The molecule has 4 rings (SSSR count). The minimum atomic E-state index is -4.44. The lowest BCUT2D eigenvalue weighted by Gasteiger charge is -2.38. The Kier molecular flexibility index (Phi) is 6.51. The number of fused-ring (bicyclic) bond motifs is 1. The second-order valence-electron chi connectivity index (χ2n) is 9.56. The molecule has 0 radical (unpaired) electrons. The topological polar surface area (TPSA) is 60.9 Å². The molecule has 0 spiro atoms. The number of likely N-dealkylation sites (N-methyl/N-ethyl adjacent to an activating group) is 1. The highest BCUT2D eigenvalue weighted by Crippen LogP contribution is 2.49. The number of hydrogen-bond donors (Lipinski definition) is 1. The summed E-state index contributed by atoms with van der Waals surface area (Å²) in [5.74, 6) is -1.93. The predicted molar refractivity (Wildman–Crippen MR) is 127 cm³/mol. The number of rotatable bonds is 4. The summed E-state index contributed by atoms with van der Waals surface area (Å²) in [6, 6.07) is 2.56. The number of nitrogens with zero attached hydrogens (tertiary/aromatic N) is 2. The van der Waals surface area contributed by atoms with Gasteiger partial charge in [0.15, 0.2) is 0 Å². The number of hydrogen-bond acceptors (Lipinski definition) is 3. The molecule has 10 heteroatoms. The fraction of sp³-hybridized carbons (Fsp3) is 0.440. The van der Waals surface area contributed by atoms with Crippen molar-refractivity contribution in [1.29, 1.82) is 0 Å². The molecule has 3 atom stereocenters. The van der Waals surface area contributed by atoms with Gasteiger partial charge in [-0.05, 0) is 44.0 Å². The molecule has 1 aliphatic carbocycles. The van der Waals surface area contributed by atoms with Crippen LogP contribution in [0, 0.1) is 11.3 Å². The number of benzene rings is 1. The van der Waals surface area contributed by atoms with Gasteiger partial charge in [-0.3, -0.25) is 9.59 Å². The van der Waals surface area contributed by atoms with Crippen molar-refractivity contribution in [2.24, 2.45) is 11.3 Å². The quantitative estimate of drug-likeness (QED) is 0.541. The van der Waals surface area contributed by atoms with Crippen molar-refractivity contribution in [2.45, 2.75) is 38.9 Å². The summed E-state index contributed by atoms with van der Waals surface area (Å²) >= 11 is 13.1. The first-order chi connectivity index (χ1) is 16.2. The average molecular weight is 529 g/mol. The summed E-state index contributed by atoms with van der Waals surface area (Å²) in [5.41, 5.74) is 0.750. The molecule has 0 bridgehead atoms. The van der Waals surface area contributed by atoms with Crippen LogP contribution < -0.4 is 0 Å². The third-order valence-electron chi connectivity index (χ3n) is 7.44. The molecule has 2 aliphatic heterocycles. The zero-order valence-corrected chi connectivity index (χ0v) is 20.9. The van der Waals surface area contributed by atoms with Crippen LogP contribution in [0.3, 0.4) is 0 Å². The lowest BCUT2D eigenvalue weighted by molar-refractivity contribution is -0.141. The van der Waals surface area contributed by atoms with Gasteiger partial charge in [-0.2, -0.15) is 13.2 Å². The highest BCUT2D eigenvalue weighted by Gasteiger charge is 2.47. The Morgan fingerprint density at radius 2 is 1.94 bits per heavy atom. The van der Waals surface area contributed by atoms with Gasteiger partial charge < -0.3 is 14.9 Å². The summed E-state index contributed by atoms with van der Waals surface area (Å²) in [5, 5.41) is 9.73. The smallest absolute Gasteiger partial charge is 0.416 e. The van der Waals surface area contributed by atoms with Crippen molar-refractivity contribution in [3.63, 3.8) is 0 Å². The summed E-state index contributed by atoms with van der Waals surface area (Å²) in [6.07, 6.45) is 0.517. The molecule has 1 aromatic carbocycles. The number of carbonyl (C=O) groups is 2. The Hall–Kier alpha value is -2.45. The summed E-state index contributed by atoms with van der Waals surface area (Å²) in [7, 11) is 1.73. The molecule has 1 N–H and O–H groups in total. The number of allylic oxidation sites excluding steroid dienone is 3. The number of aliphatic carboxylic acids is 1. The monoisotopic (exact) mass is 528 g/mol. The number of carbonyl (C=O) groups excluding carboxylic acids is 1. The van der Waals surface area contributed by atoms with E-state index in [2.05, 4.69) is 0 Å². The van der Waals surface area contributed by atoms with E-state index in [1.54, 1.807) is 24.9 Å². The highest BCUT2D eigenvalue weighted by atomic mass is 35.5. The van der Waals surface area contributed by atoms with Crippen LogP contribution in [0.2, 0.25) is 10.0 Å². The van der Waals surface area contributed by atoms with Crippen LogP contribution in [0.4, 0.5) is 13.2 Å². The van der Waals surface area contributed by atoms with Gasteiger partial charge in [0.1, 0.15) is 0 Å². The molecule has 3 aliphatic rings. The Morgan fingerprint density at radius 3 is 2.54 bits per heavy atom. The van der Waals surface area contributed by atoms with Crippen LogP contribution in [-0.4, -0.2) is 59.1 Å². The SMILES string of the molecule is CC1=CC(C(F)(F)F)=CC2N(C)C(Cc3c(Cl)ccc(C(=O)N4CC[C@@H](C(=O)O)C4)c3Cl)=CC12C. The predicted octanol–water partition coefficient (Wildman–Crippen LogP) is 5.74. The van der Waals surface area contributed by atoms with E-state index in [0.717, 1.165) is 5.70 Å². The Balaban J connectivity index is 1.63. The second kappa shape index (κ2) is 8.89. The van der Waals surface area contributed by atoms with Gasteiger partial charge in [-0.15, -0.1) is 0 Å². The lowest BCUT2D eigenvalue weighted by atomic mass is 9.73. The van der Waals surface area contributed by atoms with E-state index in [1.165, 1.54) is 23.1 Å². The van der Waals surface area contributed by atoms with Crippen LogP contribution in [0.1, 0.15) is 36.2 Å². The number of amides is 1. The van der Waals surface area contributed by atoms with E-state index >= 15 is 0 Å². The molecule has 5 nitrogen and oxygen atoms in total. The first kappa shape index (κ1) is 25.6. The number of likely N-dealkylation sites (tertiary alicyclic amines) is 1. The lowest BCUT2D eigenvalue weighted by Crippen LogP contribution is -2.39. The van der Waals surface area contributed by atoms with Gasteiger partial charge in [-0.1, -0.05) is 40.9 Å². The largest absolute Gasteiger partial charge is 0.481 e. The van der Waals surface area contributed by atoms with Crippen molar-refractivity contribution in [1.82, 2.24) is 9.80 Å². The minimum Gasteiger partial charge on any atom is -0.481 e. The third-order valence-corrected chi connectivity index (χ3v) is 8.22. The van der Waals surface area contributed by atoms with E-state index in [9.17, 15) is 27.9 Å². The average Bonchev–Trinajstić information content (AvgIpc) is 3.35. The number of halogens is 5. The Morgan fingerprint density at radius 1 is 1.26 bits per heavy atom. The van der Waals surface area contributed by atoms with E-state index in [4.69, 9.17) is 23.2 Å². The molecule has 0 aromatic heterocycles. The van der Waals surface area contributed by atoms with Crippen LogP contribution in [-0.2, 0) is 11.2 Å². The van der Waals surface area contributed by atoms with Gasteiger partial charge in [-0.25, -0.2) is 0 Å². The molecule has 2 unspecified atom stereocenters. The maximum absolute atomic E-state index is 13.4. The van der Waals surface area contributed by atoms with E-state index < -0.39 is 35.1 Å². The van der Waals surface area contributed by atoms with Gasteiger partial charge >= 0.3 is 12.1 Å². The molecule has 1 saturated heterocycles. The molecule has 1 aromatic rings. The minimum absolute atomic E-state index is 0.107. The zero-order valence-electron chi connectivity index (χ0n) is 19.4. The first-order valence-electron chi connectivity index (χ1n) is 11.2. The van der Waals surface area contributed by atoms with E-state index in [0.29, 0.717) is 29.1 Å². The van der Waals surface area contributed by atoms with Crippen LogP contribution >= 0.6 is 23.2 Å². The van der Waals surface area contributed by atoms with Crippen molar-refractivity contribution in [2.75, 3.05) is 20.1 Å².